The first-order valence-electron chi connectivity index (χ1n) is 5.76. The highest BCUT2D eigenvalue weighted by molar-refractivity contribution is 8.15. The van der Waals surface area contributed by atoms with E-state index in [0.717, 1.165) is 0 Å². The number of hydrogen-bond donors (Lipinski definition) is 1. The molecule has 0 unspecified atom stereocenters. The number of rotatable bonds is 4. The zero-order chi connectivity index (χ0) is 15.3. The Labute approximate surface area is 122 Å². The van der Waals surface area contributed by atoms with Gasteiger partial charge in [-0.2, -0.15) is 18.3 Å². The molecule has 0 bridgehead atoms. The fraction of sp³-hybridized carbons (Fsp3) is 0.250. The predicted molar refractivity (Wildman–Crippen MR) is 73.6 cm³/mol. The second kappa shape index (κ2) is 6.61. The van der Waals surface area contributed by atoms with Crippen molar-refractivity contribution in [2.24, 2.45) is 10.2 Å². The van der Waals surface area contributed by atoms with E-state index in [1.54, 1.807) is 18.2 Å². The lowest BCUT2D eigenvalue weighted by molar-refractivity contribution is -0.153. The molecule has 1 N–H and O–H groups in total. The van der Waals surface area contributed by atoms with E-state index in [0.29, 0.717) is 10.7 Å². The highest BCUT2D eigenvalue weighted by Crippen LogP contribution is 2.21. The number of alkyl halides is 3. The number of carbonyl (C=O) groups excluding carboxylic acids is 1. The van der Waals surface area contributed by atoms with Gasteiger partial charge < -0.3 is 10.1 Å². The molecule has 2 rings (SSSR count). The number of benzene rings is 1. The van der Waals surface area contributed by atoms with Crippen molar-refractivity contribution in [3.63, 3.8) is 0 Å². The maximum Gasteiger partial charge on any atom is 0.422 e. The standard InChI is InChI=1S/C12H10F3N3O2S/c13-12(14,15)7-20-9-4-2-1-3-8(9)5-16-18-11-17-10(19)6-21-11/h1-5H,6-7H2,(H,17,18,19). The summed E-state index contributed by atoms with van der Waals surface area (Å²) in [6, 6.07) is 6.16. The topological polar surface area (TPSA) is 63.0 Å². The van der Waals surface area contributed by atoms with Crippen LogP contribution in [-0.4, -0.2) is 35.8 Å². The molecular formula is C12H10F3N3O2S. The number of amidine groups is 1. The number of hydrogen-bond acceptors (Lipinski definition) is 5. The Morgan fingerprint density at radius 2 is 2.14 bits per heavy atom. The van der Waals surface area contributed by atoms with Gasteiger partial charge in [0, 0.05) is 5.56 Å². The highest BCUT2D eigenvalue weighted by atomic mass is 32.2. The van der Waals surface area contributed by atoms with E-state index in [1.165, 1.54) is 24.0 Å². The second-order valence-electron chi connectivity index (χ2n) is 3.93. The lowest BCUT2D eigenvalue weighted by atomic mass is 10.2. The van der Waals surface area contributed by atoms with Crippen molar-refractivity contribution >= 4 is 29.1 Å². The average Bonchev–Trinajstić information content (AvgIpc) is 2.82. The molecular weight excluding hydrogens is 307 g/mol. The zero-order valence-corrected chi connectivity index (χ0v) is 11.4. The van der Waals surface area contributed by atoms with Gasteiger partial charge in [0.2, 0.25) is 5.91 Å². The minimum absolute atomic E-state index is 0.0573. The van der Waals surface area contributed by atoms with Crippen molar-refractivity contribution in [2.75, 3.05) is 12.4 Å². The summed E-state index contributed by atoms with van der Waals surface area (Å²) in [5, 5.41) is 10.3. The molecule has 1 aromatic carbocycles. The normalized spacial score (nSPS) is 17.5. The smallest absolute Gasteiger partial charge is 0.422 e. The Bertz CT molecular complexity index is 587. The van der Waals surface area contributed by atoms with E-state index >= 15 is 0 Å². The number of amides is 1. The van der Waals surface area contributed by atoms with Gasteiger partial charge in [-0.3, -0.25) is 4.79 Å². The van der Waals surface area contributed by atoms with Crippen LogP contribution < -0.4 is 10.1 Å². The van der Waals surface area contributed by atoms with Gasteiger partial charge in [0.15, 0.2) is 11.8 Å². The van der Waals surface area contributed by atoms with Crippen LogP contribution >= 0.6 is 11.8 Å². The van der Waals surface area contributed by atoms with Gasteiger partial charge in [-0.1, -0.05) is 23.9 Å². The van der Waals surface area contributed by atoms with Crippen LogP contribution in [0.5, 0.6) is 5.75 Å². The molecule has 0 atom stereocenters. The Morgan fingerprint density at radius 3 is 2.81 bits per heavy atom. The number of halogens is 3. The summed E-state index contributed by atoms with van der Waals surface area (Å²) in [6.45, 7) is -1.38. The summed E-state index contributed by atoms with van der Waals surface area (Å²) >= 11 is 1.20. The number of nitrogens with one attached hydrogen (secondary N) is 1. The average molecular weight is 317 g/mol. The fourth-order valence-electron chi connectivity index (χ4n) is 1.40. The van der Waals surface area contributed by atoms with Crippen LogP contribution in [-0.2, 0) is 4.79 Å². The van der Waals surface area contributed by atoms with Crippen LogP contribution in [0.4, 0.5) is 13.2 Å². The van der Waals surface area contributed by atoms with Crippen molar-refractivity contribution in [3.05, 3.63) is 29.8 Å². The van der Waals surface area contributed by atoms with Crippen LogP contribution in [0, 0.1) is 0 Å². The molecule has 0 spiro atoms. The van der Waals surface area contributed by atoms with E-state index in [2.05, 4.69) is 15.5 Å². The Hall–Kier alpha value is -2.03. The molecule has 1 aliphatic heterocycles. The molecule has 1 fully saturated rings. The highest BCUT2D eigenvalue weighted by Gasteiger charge is 2.28. The lowest BCUT2D eigenvalue weighted by Crippen LogP contribution is -2.20. The third-order valence-electron chi connectivity index (χ3n) is 2.24. The maximum atomic E-state index is 12.1. The van der Waals surface area contributed by atoms with Crippen LogP contribution in [0.1, 0.15) is 5.56 Å². The second-order valence-corrected chi connectivity index (χ2v) is 4.89. The summed E-state index contributed by atoms with van der Waals surface area (Å²) in [5.41, 5.74) is 0.362. The number of para-hydroxylation sites is 1. The minimum Gasteiger partial charge on any atom is -0.483 e. The summed E-state index contributed by atoms with van der Waals surface area (Å²) in [7, 11) is 0. The first kappa shape index (κ1) is 15.4. The fourth-order valence-corrected chi connectivity index (χ4v) is 2.03. The van der Waals surface area contributed by atoms with Gasteiger partial charge in [0.05, 0.1) is 12.0 Å². The SMILES string of the molecule is O=C1CSC(=NN=Cc2ccccc2OCC(F)(F)F)N1. The summed E-state index contributed by atoms with van der Waals surface area (Å²) in [5.74, 6) is 0.171. The van der Waals surface area contributed by atoms with E-state index in [1.807, 2.05) is 0 Å². The van der Waals surface area contributed by atoms with Gasteiger partial charge in [-0.15, -0.1) is 5.10 Å². The van der Waals surface area contributed by atoms with E-state index in [-0.39, 0.29) is 17.4 Å². The summed E-state index contributed by atoms with van der Waals surface area (Å²) in [4.78, 5) is 10.9. The number of nitrogens with zero attached hydrogens (tertiary/aromatic N) is 2. The van der Waals surface area contributed by atoms with Crippen molar-refractivity contribution < 1.29 is 22.7 Å². The quantitative estimate of drug-likeness (QED) is 0.684. The van der Waals surface area contributed by atoms with Gasteiger partial charge >= 0.3 is 6.18 Å². The minimum atomic E-state index is -4.41. The monoisotopic (exact) mass is 317 g/mol. The van der Waals surface area contributed by atoms with Crippen LogP contribution in [0.3, 0.4) is 0 Å². The van der Waals surface area contributed by atoms with Crippen LogP contribution in [0.15, 0.2) is 34.5 Å². The molecule has 21 heavy (non-hydrogen) atoms. The molecule has 9 heteroatoms. The molecule has 112 valence electrons. The maximum absolute atomic E-state index is 12.1. The third-order valence-corrected chi connectivity index (χ3v) is 3.11. The number of ether oxygens (including phenoxy) is 1. The molecule has 1 heterocycles. The summed E-state index contributed by atoms with van der Waals surface area (Å²) in [6.07, 6.45) is -3.14. The molecule has 0 aliphatic carbocycles. The van der Waals surface area contributed by atoms with Crippen molar-refractivity contribution in [2.45, 2.75) is 6.18 Å². The third kappa shape index (κ3) is 5.10. The first-order chi connectivity index (χ1) is 9.94. The first-order valence-corrected chi connectivity index (χ1v) is 6.75. The largest absolute Gasteiger partial charge is 0.483 e. The molecule has 1 aromatic rings. The molecule has 1 amide bonds. The molecule has 0 aromatic heterocycles. The van der Waals surface area contributed by atoms with E-state index in [9.17, 15) is 18.0 Å². The number of carbonyl (C=O) groups is 1. The predicted octanol–water partition coefficient (Wildman–Crippen LogP) is 2.18. The van der Waals surface area contributed by atoms with Gasteiger partial charge in [-0.25, -0.2) is 0 Å². The lowest BCUT2D eigenvalue weighted by Gasteiger charge is -2.10. The van der Waals surface area contributed by atoms with Gasteiger partial charge in [0.25, 0.3) is 0 Å². The van der Waals surface area contributed by atoms with E-state index in [4.69, 9.17) is 4.74 Å². The Kier molecular flexibility index (Phi) is 4.84. The van der Waals surface area contributed by atoms with Gasteiger partial charge in [-0.05, 0) is 12.1 Å². The van der Waals surface area contributed by atoms with Crippen molar-refractivity contribution in [1.29, 1.82) is 0 Å². The Balaban J connectivity index is 2.04. The molecule has 0 saturated carbocycles. The van der Waals surface area contributed by atoms with Gasteiger partial charge in [0.1, 0.15) is 5.75 Å². The molecule has 1 aliphatic rings. The van der Waals surface area contributed by atoms with E-state index < -0.39 is 12.8 Å². The zero-order valence-electron chi connectivity index (χ0n) is 10.6. The van der Waals surface area contributed by atoms with Crippen molar-refractivity contribution in [1.82, 2.24) is 5.32 Å². The van der Waals surface area contributed by atoms with Crippen LogP contribution in [0.25, 0.3) is 0 Å². The Morgan fingerprint density at radius 1 is 1.38 bits per heavy atom. The summed E-state index contributed by atoms with van der Waals surface area (Å²) < 4.78 is 41.1. The number of thioether (sulfide) groups is 1. The molecule has 1 saturated heterocycles. The van der Waals surface area contributed by atoms with Crippen LogP contribution in [0.2, 0.25) is 0 Å². The van der Waals surface area contributed by atoms with Crippen molar-refractivity contribution in [3.8, 4) is 5.75 Å². The molecule has 0 radical (unpaired) electrons. The molecule has 5 nitrogen and oxygen atoms in total.